The standard InChI is InChI=1S/C17H15Cl2N3O2.C3H8N2/c1-23-14-6-11(16(18)21-8-14)2-3-12-7-15(9-22-17(12)19)24-10-13-4-5-20-13;4-3-1-2-5-3/h6-9,13,20H,4-5,10H2,1H3;3,5H,1-2,4H2. The first-order valence-electron chi connectivity index (χ1n) is 9.27. The minimum atomic E-state index is 0.302. The summed E-state index contributed by atoms with van der Waals surface area (Å²) in [5, 5.41) is 6.87. The van der Waals surface area contributed by atoms with E-state index in [-0.39, 0.29) is 0 Å². The van der Waals surface area contributed by atoms with E-state index in [4.69, 9.17) is 38.4 Å². The summed E-state index contributed by atoms with van der Waals surface area (Å²) in [6, 6.07) is 3.88. The van der Waals surface area contributed by atoms with Crippen molar-refractivity contribution in [2.45, 2.75) is 25.0 Å². The maximum absolute atomic E-state index is 6.11. The minimum absolute atomic E-state index is 0.302. The van der Waals surface area contributed by atoms with Gasteiger partial charge in [0.05, 0.1) is 36.8 Å². The van der Waals surface area contributed by atoms with Gasteiger partial charge in [-0.25, -0.2) is 9.97 Å². The summed E-state index contributed by atoms with van der Waals surface area (Å²) in [4.78, 5) is 8.14. The van der Waals surface area contributed by atoms with Crippen molar-refractivity contribution in [1.29, 1.82) is 0 Å². The van der Waals surface area contributed by atoms with E-state index >= 15 is 0 Å². The molecule has 4 rings (SSSR count). The maximum Gasteiger partial charge on any atom is 0.144 e. The molecule has 0 aromatic carbocycles. The van der Waals surface area contributed by atoms with Crippen LogP contribution in [-0.4, -0.2) is 49.0 Å². The molecule has 2 aromatic heterocycles. The van der Waals surface area contributed by atoms with Gasteiger partial charge in [0.1, 0.15) is 28.4 Å². The Morgan fingerprint density at radius 3 is 2.00 bits per heavy atom. The molecule has 2 fully saturated rings. The molecule has 0 radical (unpaired) electrons. The molecule has 2 aromatic rings. The van der Waals surface area contributed by atoms with E-state index in [2.05, 4.69) is 32.4 Å². The van der Waals surface area contributed by atoms with Crippen LogP contribution in [0.5, 0.6) is 11.5 Å². The van der Waals surface area contributed by atoms with Crippen molar-refractivity contribution in [2.75, 3.05) is 26.8 Å². The van der Waals surface area contributed by atoms with Crippen molar-refractivity contribution in [3.63, 3.8) is 0 Å². The topological polar surface area (TPSA) is 94.3 Å². The lowest BCUT2D eigenvalue weighted by Gasteiger charge is -2.27. The monoisotopic (exact) mass is 435 g/mol. The number of nitrogens with zero attached hydrogens (tertiary/aromatic N) is 2. The molecule has 0 aliphatic carbocycles. The first kappa shape index (κ1) is 21.6. The number of nitrogens with one attached hydrogen (secondary N) is 2. The number of nitrogens with two attached hydrogens (primary N) is 1. The van der Waals surface area contributed by atoms with Crippen molar-refractivity contribution < 1.29 is 9.47 Å². The second-order valence-electron chi connectivity index (χ2n) is 6.57. The van der Waals surface area contributed by atoms with Gasteiger partial charge in [-0.3, -0.25) is 0 Å². The predicted molar refractivity (Wildman–Crippen MR) is 114 cm³/mol. The number of methoxy groups -OCH3 is 1. The van der Waals surface area contributed by atoms with Crippen molar-refractivity contribution in [3.8, 4) is 23.3 Å². The fourth-order valence-corrected chi connectivity index (χ4v) is 2.66. The zero-order valence-corrected chi connectivity index (χ0v) is 17.6. The Hall–Kier alpha value is -2.08. The summed E-state index contributed by atoms with van der Waals surface area (Å²) in [5.74, 6) is 7.11. The number of aromatic nitrogens is 2. The number of halogens is 2. The van der Waals surface area contributed by atoms with Gasteiger partial charge < -0.3 is 25.8 Å². The average molecular weight is 436 g/mol. The van der Waals surface area contributed by atoms with E-state index in [0.717, 1.165) is 25.9 Å². The molecule has 2 atom stereocenters. The number of ether oxygens (including phenoxy) is 2. The number of hydrogen-bond acceptors (Lipinski definition) is 7. The molecular weight excluding hydrogens is 413 g/mol. The third-order valence-electron chi connectivity index (χ3n) is 4.43. The lowest BCUT2D eigenvalue weighted by Crippen LogP contribution is -2.49. The first-order valence-corrected chi connectivity index (χ1v) is 10.0. The number of hydrogen-bond donors (Lipinski definition) is 3. The zero-order chi connectivity index (χ0) is 20.6. The van der Waals surface area contributed by atoms with Gasteiger partial charge in [-0.15, -0.1) is 0 Å². The second-order valence-corrected chi connectivity index (χ2v) is 7.29. The van der Waals surface area contributed by atoms with Crippen LogP contribution in [0, 0.1) is 11.8 Å². The van der Waals surface area contributed by atoms with Gasteiger partial charge in [0.25, 0.3) is 0 Å². The van der Waals surface area contributed by atoms with Crippen LogP contribution in [0.25, 0.3) is 0 Å². The van der Waals surface area contributed by atoms with Gasteiger partial charge in [0, 0.05) is 18.2 Å². The largest absolute Gasteiger partial charge is 0.495 e. The van der Waals surface area contributed by atoms with E-state index in [0.29, 0.717) is 51.7 Å². The van der Waals surface area contributed by atoms with E-state index < -0.39 is 0 Å². The molecule has 2 unspecified atom stereocenters. The van der Waals surface area contributed by atoms with E-state index in [1.54, 1.807) is 25.4 Å². The summed E-state index contributed by atoms with van der Waals surface area (Å²) in [6.07, 6.45) is 5.71. The Labute approximate surface area is 180 Å². The average Bonchev–Trinajstić information content (AvgIpc) is 2.67. The Morgan fingerprint density at radius 1 is 1.03 bits per heavy atom. The third-order valence-corrected chi connectivity index (χ3v) is 5.04. The van der Waals surface area contributed by atoms with Crippen molar-refractivity contribution in [1.82, 2.24) is 20.6 Å². The van der Waals surface area contributed by atoms with Crippen LogP contribution in [0.4, 0.5) is 0 Å². The molecular formula is C20H23Cl2N5O2. The summed E-state index contributed by atoms with van der Waals surface area (Å²) in [5.41, 5.74) is 6.38. The first-order chi connectivity index (χ1) is 14.0. The molecule has 29 heavy (non-hydrogen) atoms. The Balaban J connectivity index is 0.000000419. The molecule has 9 heteroatoms. The molecule has 0 spiro atoms. The van der Waals surface area contributed by atoms with E-state index in [1.165, 1.54) is 6.20 Å². The molecule has 4 N–H and O–H groups in total. The highest BCUT2D eigenvalue weighted by molar-refractivity contribution is 6.31. The molecule has 154 valence electrons. The van der Waals surface area contributed by atoms with E-state index in [9.17, 15) is 0 Å². The molecule has 7 nitrogen and oxygen atoms in total. The number of pyridine rings is 2. The molecule has 2 aliphatic heterocycles. The molecule has 0 bridgehead atoms. The summed E-state index contributed by atoms with van der Waals surface area (Å²) in [6.45, 7) is 2.75. The van der Waals surface area contributed by atoms with Crippen LogP contribution in [0.3, 0.4) is 0 Å². The van der Waals surface area contributed by atoms with Crippen LogP contribution < -0.4 is 25.8 Å². The predicted octanol–water partition coefficient (Wildman–Crippen LogP) is 2.20. The van der Waals surface area contributed by atoms with Gasteiger partial charge in [0.2, 0.25) is 0 Å². The van der Waals surface area contributed by atoms with Gasteiger partial charge >= 0.3 is 0 Å². The van der Waals surface area contributed by atoms with Crippen molar-refractivity contribution in [2.24, 2.45) is 5.73 Å². The molecule has 4 heterocycles. The second kappa shape index (κ2) is 10.6. The molecule has 0 saturated carbocycles. The van der Waals surface area contributed by atoms with E-state index in [1.807, 2.05) is 0 Å². The van der Waals surface area contributed by atoms with Crippen molar-refractivity contribution >= 4 is 23.2 Å². The lowest BCUT2D eigenvalue weighted by atomic mass is 10.1. The van der Waals surface area contributed by atoms with Gasteiger partial charge in [-0.05, 0) is 25.9 Å². The summed E-state index contributed by atoms with van der Waals surface area (Å²) >= 11 is 12.2. The molecule has 2 aliphatic rings. The minimum Gasteiger partial charge on any atom is -0.495 e. The quantitative estimate of drug-likeness (QED) is 0.500. The van der Waals surface area contributed by atoms with Gasteiger partial charge in [0.15, 0.2) is 0 Å². The fourth-order valence-electron chi connectivity index (χ4n) is 2.36. The van der Waals surface area contributed by atoms with Gasteiger partial charge in [-0.1, -0.05) is 35.0 Å². The lowest BCUT2D eigenvalue weighted by molar-refractivity contribution is 0.217. The Bertz CT molecular complexity index is 892. The zero-order valence-electron chi connectivity index (χ0n) is 16.0. The van der Waals surface area contributed by atoms with Crippen LogP contribution >= 0.6 is 23.2 Å². The Kier molecular flexibility index (Phi) is 7.92. The fraction of sp³-hybridized carbons (Fsp3) is 0.400. The van der Waals surface area contributed by atoms with Crippen LogP contribution in [0.15, 0.2) is 24.5 Å². The van der Waals surface area contributed by atoms with Gasteiger partial charge in [-0.2, -0.15) is 0 Å². The summed E-state index contributed by atoms with van der Waals surface area (Å²) < 4.78 is 10.8. The van der Waals surface area contributed by atoms with Crippen molar-refractivity contribution in [3.05, 3.63) is 46.0 Å². The van der Waals surface area contributed by atoms with Crippen LogP contribution in [0.2, 0.25) is 10.3 Å². The van der Waals surface area contributed by atoms with Crippen LogP contribution in [0.1, 0.15) is 24.0 Å². The third kappa shape index (κ3) is 6.46. The number of rotatable bonds is 4. The maximum atomic E-state index is 6.11. The molecule has 0 amide bonds. The smallest absolute Gasteiger partial charge is 0.144 e. The normalized spacial score (nSPS) is 19.4. The Morgan fingerprint density at radius 2 is 1.55 bits per heavy atom. The molecule has 2 saturated heterocycles. The highest BCUT2D eigenvalue weighted by Crippen LogP contribution is 2.21. The highest BCUT2D eigenvalue weighted by Gasteiger charge is 2.16. The van der Waals surface area contributed by atoms with Crippen LogP contribution in [-0.2, 0) is 0 Å². The highest BCUT2D eigenvalue weighted by atomic mass is 35.5. The SMILES string of the molecule is COc1cnc(Cl)c(C#Cc2cc(OCC3CCN3)cnc2Cl)c1.NC1CCN1. The summed E-state index contributed by atoms with van der Waals surface area (Å²) in [7, 11) is 1.56.